The van der Waals surface area contributed by atoms with Gasteiger partial charge in [-0.15, -0.1) is 0 Å². The number of nitrogens with zero attached hydrogens (tertiary/aromatic N) is 5. The van der Waals surface area contributed by atoms with Crippen LogP contribution in [0, 0.1) is 19.8 Å². The van der Waals surface area contributed by atoms with Gasteiger partial charge in [0.1, 0.15) is 11.5 Å². The summed E-state index contributed by atoms with van der Waals surface area (Å²) in [7, 11) is 1.80. The molecule has 2 amide bonds. The highest BCUT2D eigenvalue weighted by molar-refractivity contribution is 5.94. The second-order valence-electron chi connectivity index (χ2n) is 7.21. The Hall–Kier alpha value is -3.43. The third kappa shape index (κ3) is 3.91. The summed E-state index contributed by atoms with van der Waals surface area (Å²) in [5.74, 6) is 1.41. The second-order valence-corrected chi connectivity index (χ2v) is 7.21. The highest BCUT2D eigenvalue weighted by Gasteiger charge is 2.30. The molecule has 1 aliphatic heterocycles. The summed E-state index contributed by atoms with van der Waals surface area (Å²) in [6, 6.07) is 1.67. The zero-order valence-electron chi connectivity index (χ0n) is 16.5. The SMILES string of the molecule is Cc1cc(NC(=O)C2CCN(C(=O)c3nc(-c4cnn(C)c4)oc3C)CC2)no1. The van der Waals surface area contributed by atoms with Crippen LogP contribution in [-0.4, -0.2) is 49.7 Å². The number of oxazole rings is 1. The Morgan fingerprint density at radius 1 is 1.24 bits per heavy atom. The third-order valence-electron chi connectivity index (χ3n) is 4.98. The van der Waals surface area contributed by atoms with Crippen molar-refractivity contribution in [2.24, 2.45) is 13.0 Å². The lowest BCUT2D eigenvalue weighted by Gasteiger charge is -2.30. The summed E-state index contributed by atoms with van der Waals surface area (Å²) in [4.78, 5) is 31.4. The van der Waals surface area contributed by atoms with Gasteiger partial charge < -0.3 is 19.2 Å². The molecule has 4 heterocycles. The summed E-state index contributed by atoms with van der Waals surface area (Å²) in [6.07, 6.45) is 4.56. The molecule has 4 rings (SSSR count). The van der Waals surface area contributed by atoms with Crippen LogP contribution >= 0.6 is 0 Å². The van der Waals surface area contributed by atoms with Crippen LogP contribution in [0.15, 0.2) is 27.4 Å². The van der Waals surface area contributed by atoms with E-state index in [-0.39, 0.29) is 17.7 Å². The summed E-state index contributed by atoms with van der Waals surface area (Å²) in [5, 5.41) is 10.6. The van der Waals surface area contributed by atoms with E-state index in [4.69, 9.17) is 8.94 Å². The van der Waals surface area contributed by atoms with Gasteiger partial charge >= 0.3 is 0 Å². The monoisotopic (exact) mass is 398 g/mol. The van der Waals surface area contributed by atoms with E-state index < -0.39 is 0 Å². The summed E-state index contributed by atoms with van der Waals surface area (Å²) < 4.78 is 12.3. The first-order chi connectivity index (χ1) is 13.9. The smallest absolute Gasteiger partial charge is 0.276 e. The number of piperidine rings is 1. The first-order valence-corrected chi connectivity index (χ1v) is 9.40. The van der Waals surface area contributed by atoms with Crippen molar-refractivity contribution in [3.63, 3.8) is 0 Å². The maximum Gasteiger partial charge on any atom is 0.276 e. The van der Waals surface area contributed by atoms with Crippen LogP contribution in [0.25, 0.3) is 11.5 Å². The van der Waals surface area contributed by atoms with Gasteiger partial charge in [0.2, 0.25) is 11.8 Å². The van der Waals surface area contributed by atoms with Gasteiger partial charge in [-0.05, 0) is 26.7 Å². The number of rotatable bonds is 4. The van der Waals surface area contributed by atoms with Gasteiger partial charge in [-0.2, -0.15) is 5.10 Å². The molecule has 0 bridgehead atoms. The molecule has 10 nitrogen and oxygen atoms in total. The first kappa shape index (κ1) is 18.9. The molecule has 0 aromatic carbocycles. The summed E-state index contributed by atoms with van der Waals surface area (Å²) in [6.45, 7) is 4.44. The van der Waals surface area contributed by atoms with Gasteiger partial charge in [-0.25, -0.2) is 4.98 Å². The van der Waals surface area contributed by atoms with E-state index in [1.165, 1.54) is 0 Å². The Labute approximate surface area is 166 Å². The van der Waals surface area contributed by atoms with E-state index in [9.17, 15) is 9.59 Å². The largest absolute Gasteiger partial charge is 0.440 e. The van der Waals surface area contributed by atoms with Crippen LogP contribution in [0.5, 0.6) is 0 Å². The minimum absolute atomic E-state index is 0.109. The average molecular weight is 398 g/mol. The van der Waals surface area contributed by atoms with Crippen LogP contribution in [-0.2, 0) is 11.8 Å². The highest BCUT2D eigenvalue weighted by atomic mass is 16.5. The predicted octanol–water partition coefficient (Wildman–Crippen LogP) is 2.17. The number of carbonyl (C=O) groups is 2. The maximum absolute atomic E-state index is 12.9. The summed E-state index contributed by atoms with van der Waals surface area (Å²) in [5.41, 5.74) is 1.01. The number of aryl methyl sites for hydroxylation is 3. The molecule has 1 aliphatic rings. The van der Waals surface area contributed by atoms with E-state index in [1.54, 1.807) is 48.9 Å². The third-order valence-corrected chi connectivity index (χ3v) is 4.98. The first-order valence-electron chi connectivity index (χ1n) is 9.40. The van der Waals surface area contributed by atoms with Crippen molar-refractivity contribution in [2.45, 2.75) is 26.7 Å². The van der Waals surface area contributed by atoms with Crippen molar-refractivity contribution >= 4 is 17.6 Å². The predicted molar refractivity (Wildman–Crippen MR) is 102 cm³/mol. The van der Waals surface area contributed by atoms with Crippen molar-refractivity contribution in [3.8, 4) is 11.5 Å². The fraction of sp³-hybridized carbons (Fsp3) is 0.421. The van der Waals surface area contributed by atoms with Gasteiger partial charge in [-0.1, -0.05) is 5.16 Å². The molecule has 0 spiro atoms. The molecule has 3 aromatic heterocycles. The lowest BCUT2D eigenvalue weighted by Crippen LogP contribution is -2.41. The molecular weight excluding hydrogens is 376 g/mol. The van der Waals surface area contributed by atoms with Crippen LogP contribution in [0.3, 0.4) is 0 Å². The molecule has 1 fully saturated rings. The lowest BCUT2D eigenvalue weighted by atomic mass is 9.95. The molecule has 29 heavy (non-hydrogen) atoms. The van der Waals surface area contributed by atoms with Gasteiger partial charge in [0.05, 0.1) is 11.8 Å². The molecule has 0 radical (unpaired) electrons. The zero-order valence-corrected chi connectivity index (χ0v) is 16.5. The van der Waals surface area contributed by atoms with Crippen molar-refractivity contribution < 1.29 is 18.5 Å². The van der Waals surface area contributed by atoms with Crippen molar-refractivity contribution in [1.29, 1.82) is 0 Å². The number of likely N-dealkylation sites (tertiary alicyclic amines) is 1. The highest BCUT2D eigenvalue weighted by Crippen LogP contribution is 2.25. The average Bonchev–Trinajstić information content (AvgIpc) is 3.41. The number of hydrogen-bond donors (Lipinski definition) is 1. The Morgan fingerprint density at radius 2 is 2.00 bits per heavy atom. The molecule has 10 heteroatoms. The topological polar surface area (TPSA) is 119 Å². The Bertz CT molecular complexity index is 1040. The molecule has 1 saturated heterocycles. The number of anilines is 1. The zero-order chi connectivity index (χ0) is 20.5. The quantitative estimate of drug-likeness (QED) is 0.715. The Kier molecular flexibility index (Phi) is 4.91. The van der Waals surface area contributed by atoms with Crippen LogP contribution in [0.4, 0.5) is 5.82 Å². The fourth-order valence-electron chi connectivity index (χ4n) is 3.40. The van der Waals surface area contributed by atoms with E-state index in [0.29, 0.717) is 60.4 Å². The number of aromatic nitrogens is 4. The molecule has 152 valence electrons. The molecule has 1 N–H and O–H groups in total. The number of nitrogens with one attached hydrogen (secondary N) is 1. The normalized spacial score (nSPS) is 14.9. The van der Waals surface area contributed by atoms with Gasteiger partial charge in [-0.3, -0.25) is 14.3 Å². The van der Waals surface area contributed by atoms with Crippen molar-refractivity contribution in [3.05, 3.63) is 35.7 Å². The van der Waals surface area contributed by atoms with E-state index in [2.05, 4.69) is 20.6 Å². The van der Waals surface area contributed by atoms with E-state index >= 15 is 0 Å². The van der Waals surface area contributed by atoms with E-state index in [0.717, 1.165) is 0 Å². The van der Waals surface area contributed by atoms with Gasteiger partial charge in [0.15, 0.2) is 11.5 Å². The minimum atomic E-state index is -0.188. The molecule has 0 saturated carbocycles. The van der Waals surface area contributed by atoms with Crippen LogP contribution in [0.2, 0.25) is 0 Å². The molecule has 0 aliphatic carbocycles. The standard InChI is InChI=1S/C19H22N6O4/c1-11-8-15(23-29-11)21-17(26)13-4-6-25(7-5-13)19(27)16-12(2)28-18(22-16)14-9-20-24(3)10-14/h8-10,13H,4-7H2,1-3H3,(H,21,23,26). The van der Waals surface area contributed by atoms with Crippen molar-refractivity contribution in [1.82, 2.24) is 24.8 Å². The lowest BCUT2D eigenvalue weighted by molar-refractivity contribution is -0.121. The number of amides is 2. The summed E-state index contributed by atoms with van der Waals surface area (Å²) >= 11 is 0. The fourth-order valence-corrected chi connectivity index (χ4v) is 3.40. The van der Waals surface area contributed by atoms with Crippen molar-refractivity contribution in [2.75, 3.05) is 18.4 Å². The second kappa shape index (κ2) is 7.53. The molecular formula is C19H22N6O4. The number of hydrogen-bond acceptors (Lipinski definition) is 7. The number of carbonyl (C=O) groups excluding carboxylic acids is 2. The molecule has 0 unspecified atom stereocenters. The van der Waals surface area contributed by atoms with Crippen LogP contribution in [0.1, 0.15) is 34.9 Å². The van der Waals surface area contributed by atoms with Gasteiger partial charge in [0, 0.05) is 38.3 Å². The minimum Gasteiger partial charge on any atom is -0.440 e. The maximum atomic E-state index is 12.9. The Balaban J connectivity index is 1.38. The molecule has 3 aromatic rings. The van der Waals surface area contributed by atoms with Gasteiger partial charge in [0.25, 0.3) is 5.91 Å². The van der Waals surface area contributed by atoms with E-state index in [1.807, 2.05) is 0 Å². The Morgan fingerprint density at radius 3 is 2.62 bits per heavy atom. The molecule has 0 atom stereocenters. The van der Waals surface area contributed by atoms with Crippen LogP contribution < -0.4 is 5.32 Å².